The number of aryl methyl sites for hydroxylation is 1. The summed E-state index contributed by atoms with van der Waals surface area (Å²) in [6.45, 7) is 10.8. The second-order valence-corrected chi connectivity index (χ2v) is 4.32. The van der Waals surface area contributed by atoms with E-state index in [2.05, 4.69) is 33.6 Å². The van der Waals surface area contributed by atoms with Crippen LogP contribution in [0.2, 0.25) is 0 Å². The number of nitrogens with one attached hydrogen (secondary N) is 1. The van der Waals surface area contributed by atoms with Gasteiger partial charge in [0.15, 0.2) is 0 Å². The summed E-state index contributed by atoms with van der Waals surface area (Å²) < 4.78 is 2.30. The fourth-order valence-electron chi connectivity index (χ4n) is 2.22. The van der Waals surface area contributed by atoms with E-state index in [1.165, 1.54) is 17.8 Å². The summed E-state index contributed by atoms with van der Waals surface area (Å²) in [5.74, 6) is 0. The van der Waals surface area contributed by atoms with E-state index in [0.717, 1.165) is 39.3 Å². The van der Waals surface area contributed by atoms with Crippen molar-refractivity contribution in [2.45, 2.75) is 39.9 Å². The Balaban J connectivity index is 2.12. The molecule has 1 aliphatic rings. The first kappa shape index (κ1) is 11.6. The Morgan fingerprint density at radius 2 is 2.25 bits per heavy atom. The number of hydrogen-bond acceptors (Lipinski definition) is 3. The molecule has 0 amide bonds. The van der Waals surface area contributed by atoms with Crippen molar-refractivity contribution in [1.29, 1.82) is 0 Å². The van der Waals surface area contributed by atoms with Crippen LogP contribution >= 0.6 is 0 Å². The van der Waals surface area contributed by atoms with Gasteiger partial charge in [0.25, 0.3) is 0 Å². The lowest BCUT2D eigenvalue weighted by Crippen LogP contribution is -2.24. The van der Waals surface area contributed by atoms with Crippen molar-refractivity contribution in [3.05, 3.63) is 17.7 Å². The zero-order chi connectivity index (χ0) is 11.4. The van der Waals surface area contributed by atoms with Crippen molar-refractivity contribution in [1.82, 2.24) is 19.8 Å². The Morgan fingerprint density at radius 1 is 1.44 bits per heavy atom. The molecule has 0 fully saturated rings. The number of rotatable bonds is 4. The molecule has 0 aliphatic carbocycles. The summed E-state index contributed by atoms with van der Waals surface area (Å²) >= 11 is 0. The van der Waals surface area contributed by atoms with Gasteiger partial charge in [-0.2, -0.15) is 0 Å². The summed E-state index contributed by atoms with van der Waals surface area (Å²) in [6.07, 6.45) is 3.20. The molecule has 0 atom stereocenters. The highest BCUT2D eigenvalue weighted by atomic mass is 15.2. The van der Waals surface area contributed by atoms with Crippen molar-refractivity contribution in [3.63, 3.8) is 0 Å². The standard InChI is InChI=1S/C12H22N4/c1-3-15(4-2)9-11-12-8-13-6-5-7-16(12)10-14-11/h10,13H,3-9H2,1-2H3. The van der Waals surface area contributed by atoms with Gasteiger partial charge >= 0.3 is 0 Å². The molecule has 4 nitrogen and oxygen atoms in total. The predicted octanol–water partition coefficient (Wildman–Crippen LogP) is 1.22. The van der Waals surface area contributed by atoms with E-state index in [1.54, 1.807) is 0 Å². The van der Waals surface area contributed by atoms with E-state index in [4.69, 9.17) is 0 Å². The predicted molar refractivity (Wildman–Crippen MR) is 65.2 cm³/mol. The first-order valence-corrected chi connectivity index (χ1v) is 6.31. The first-order valence-electron chi connectivity index (χ1n) is 6.31. The van der Waals surface area contributed by atoms with Crippen LogP contribution in [-0.4, -0.2) is 34.1 Å². The highest BCUT2D eigenvalue weighted by molar-refractivity contribution is 5.14. The maximum atomic E-state index is 4.56. The van der Waals surface area contributed by atoms with Gasteiger partial charge in [-0.25, -0.2) is 4.98 Å². The van der Waals surface area contributed by atoms with E-state index in [1.807, 2.05) is 6.33 Å². The summed E-state index contributed by atoms with van der Waals surface area (Å²) in [5, 5.41) is 3.46. The largest absolute Gasteiger partial charge is 0.333 e. The van der Waals surface area contributed by atoms with Crippen molar-refractivity contribution in [2.24, 2.45) is 0 Å². The van der Waals surface area contributed by atoms with Crippen LogP contribution in [0.4, 0.5) is 0 Å². The van der Waals surface area contributed by atoms with E-state index in [0.29, 0.717) is 0 Å². The lowest BCUT2D eigenvalue weighted by molar-refractivity contribution is 0.291. The van der Waals surface area contributed by atoms with Crippen molar-refractivity contribution in [2.75, 3.05) is 19.6 Å². The normalized spacial score (nSPS) is 16.2. The minimum Gasteiger partial charge on any atom is -0.333 e. The van der Waals surface area contributed by atoms with Gasteiger partial charge in [-0.05, 0) is 26.1 Å². The van der Waals surface area contributed by atoms with Gasteiger partial charge in [-0.3, -0.25) is 4.90 Å². The highest BCUT2D eigenvalue weighted by Crippen LogP contribution is 2.13. The number of aromatic nitrogens is 2. The number of hydrogen-bond donors (Lipinski definition) is 1. The van der Waals surface area contributed by atoms with E-state index in [-0.39, 0.29) is 0 Å². The fourth-order valence-corrected chi connectivity index (χ4v) is 2.22. The molecule has 0 spiro atoms. The van der Waals surface area contributed by atoms with Gasteiger partial charge in [0.2, 0.25) is 0 Å². The molecule has 1 aromatic rings. The molecule has 1 aliphatic heterocycles. The third-order valence-electron chi connectivity index (χ3n) is 3.35. The third-order valence-corrected chi connectivity index (χ3v) is 3.35. The van der Waals surface area contributed by atoms with Gasteiger partial charge in [0.05, 0.1) is 17.7 Å². The van der Waals surface area contributed by atoms with Crippen LogP contribution in [0.25, 0.3) is 0 Å². The molecule has 2 rings (SSSR count). The molecule has 4 heteroatoms. The summed E-state index contributed by atoms with van der Waals surface area (Å²) in [6, 6.07) is 0. The zero-order valence-corrected chi connectivity index (χ0v) is 10.4. The van der Waals surface area contributed by atoms with Crippen LogP contribution < -0.4 is 5.32 Å². The van der Waals surface area contributed by atoms with Gasteiger partial charge in [0, 0.05) is 19.6 Å². The molecule has 2 heterocycles. The topological polar surface area (TPSA) is 33.1 Å². The minimum atomic E-state index is 0.969. The molecule has 16 heavy (non-hydrogen) atoms. The number of imidazole rings is 1. The second kappa shape index (κ2) is 5.46. The molecule has 0 saturated heterocycles. The van der Waals surface area contributed by atoms with E-state index in [9.17, 15) is 0 Å². The molecule has 0 saturated carbocycles. The average molecular weight is 222 g/mol. The third kappa shape index (κ3) is 2.44. The van der Waals surface area contributed by atoms with Crippen LogP contribution in [-0.2, 0) is 19.6 Å². The van der Waals surface area contributed by atoms with E-state index >= 15 is 0 Å². The van der Waals surface area contributed by atoms with E-state index < -0.39 is 0 Å². The average Bonchev–Trinajstić information content (AvgIpc) is 2.54. The van der Waals surface area contributed by atoms with Gasteiger partial charge in [-0.15, -0.1) is 0 Å². The Hall–Kier alpha value is -0.870. The Morgan fingerprint density at radius 3 is 3.00 bits per heavy atom. The fraction of sp³-hybridized carbons (Fsp3) is 0.750. The summed E-state index contributed by atoms with van der Waals surface area (Å²) in [5.41, 5.74) is 2.63. The van der Waals surface area contributed by atoms with Gasteiger partial charge < -0.3 is 9.88 Å². The SMILES string of the molecule is CCN(CC)Cc1ncn2c1CNCCC2. The Labute approximate surface area is 97.7 Å². The van der Waals surface area contributed by atoms with Gasteiger partial charge in [-0.1, -0.05) is 13.8 Å². The number of fused-ring (bicyclic) bond motifs is 1. The maximum Gasteiger partial charge on any atom is 0.0952 e. The molecule has 0 radical (unpaired) electrons. The second-order valence-electron chi connectivity index (χ2n) is 4.32. The van der Waals surface area contributed by atoms with Crippen LogP contribution in [0, 0.1) is 0 Å². The quantitative estimate of drug-likeness (QED) is 0.831. The first-order chi connectivity index (χ1) is 7.85. The molecule has 0 aromatic carbocycles. The van der Waals surface area contributed by atoms with Crippen LogP contribution in [0.1, 0.15) is 31.7 Å². The summed E-state index contributed by atoms with van der Waals surface area (Å²) in [7, 11) is 0. The van der Waals surface area contributed by atoms with Crippen LogP contribution in [0.3, 0.4) is 0 Å². The summed E-state index contributed by atoms with van der Waals surface area (Å²) in [4.78, 5) is 6.97. The highest BCUT2D eigenvalue weighted by Gasteiger charge is 2.14. The Bertz CT molecular complexity index is 328. The molecule has 0 bridgehead atoms. The van der Waals surface area contributed by atoms with Gasteiger partial charge in [0.1, 0.15) is 0 Å². The molecular formula is C12H22N4. The molecule has 90 valence electrons. The lowest BCUT2D eigenvalue weighted by atomic mass is 10.3. The maximum absolute atomic E-state index is 4.56. The zero-order valence-electron chi connectivity index (χ0n) is 10.4. The van der Waals surface area contributed by atoms with Crippen molar-refractivity contribution < 1.29 is 0 Å². The minimum absolute atomic E-state index is 0.969. The van der Waals surface area contributed by atoms with Crippen LogP contribution in [0.5, 0.6) is 0 Å². The monoisotopic (exact) mass is 222 g/mol. The molecule has 0 unspecified atom stereocenters. The molecule has 1 N–H and O–H groups in total. The van der Waals surface area contributed by atoms with Crippen LogP contribution in [0.15, 0.2) is 6.33 Å². The Kier molecular flexibility index (Phi) is 3.96. The smallest absolute Gasteiger partial charge is 0.0952 e. The van der Waals surface area contributed by atoms with Crippen molar-refractivity contribution >= 4 is 0 Å². The number of nitrogens with zero attached hydrogens (tertiary/aromatic N) is 3. The lowest BCUT2D eigenvalue weighted by Gasteiger charge is -2.17. The molecular weight excluding hydrogens is 200 g/mol. The molecule has 1 aromatic heterocycles. The van der Waals surface area contributed by atoms with Crippen molar-refractivity contribution in [3.8, 4) is 0 Å².